The van der Waals surface area contributed by atoms with Gasteiger partial charge in [0.25, 0.3) is 5.56 Å². The Hall–Kier alpha value is -3.02. The normalized spacial score (nSPS) is 13.3. The van der Waals surface area contributed by atoms with Crippen LogP contribution in [0.3, 0.4) is 0 Å². The summed E-state index contributed by atoms with van der Waals surface area (Å²) in [5, 5.41) is 4.56. The number of hydrogen-bond donors (Lipinski definition) is 1. The number of aromatic nitrogens is 1. The van der Waals surface area contributed by atoms with E-state index in [1.54, 1.807) is 10.8 Å². The summed E-state index contributed by atoms with van der Waals surface area (Å²) < 4.78 is 13.5. The number of nitrogens with one attached hydrogen (secondary N) is 1. The number of nitrogens with zero attached hydrogens (tertiary/aromatic N) is 1. The van der Waals surface area contributed by atoms with Crippen molar-refractivity contribution in [2.45, 2.75) is 26.0 Å². The van der Waals surface area contributed by atoms with E-state index < -0.39 is 0 Å². The van der Waals surface area contributed by atoms with Crippen molar-refractivity contribution in [2.24, 2.45) is 0 Å². The number of pyridine rings is 1. The molecule has 1 N–H and O–H groups in total. The van der Waals surface area contributed by atoms with Gasteiger partial charge in [-0.15, -0.1) is 12.4 Å². The third-order valence-corrected chi connectivity index (χ3v) is 5.34. The highest BCUT2D eigenvalue weighted by Crippen LogP contribution is 2.29. The van der Waals surface area contributed by atoms with Crippen molar-refractivity contribution >= 4 is 23.4 Å². The predicted octanol–water partition coefficient (Wildman–Crippen LogP) is 4.62. The van der Waals surface area contributed by atoms with E-state index in [2.05, 4.69) is 5.32 Å². The van der Waals surface area contributed by atoms with Crippen LogP contribution in [0.2, 0.25) is 0 Å². The molecular weight excluding hydrogens is 400 g/mol. The van der Waals surface area contributed by atoms with Crippen LogP contribution in [0.5, 0.6) is 5.75 Å². The zero-order valence-electron chi connectivity index (χ0n) is 16.5. The molecule has 1 aliphatic rings. The SMILES string of the molecule is Cl.O=c1cc(OCc2ccccc2)ccn1-c1ccc2c3c(oc2c1)CCCNC3. The van der Waals surface area contributed by atoms with Gasteiger partial charge in [0.1, 0.15) is 23.7 Å². The lowest BCUT2D eigenvalue weighted by Crippen LogP contribution is -2.16. The number of rotatable bonds is 4. The van der Waals surface area contributed by atoms with Gasteiger partial charge in [-0.25, -0.2) is 0 Å². The number of ether oxygens (including phenoxy) is 1. The smallest absolute Gasteiger partial charge is 0.258 e. The summed E-state index contributed by atoms with van der Waals surface area (Å²) in [5.41, 5.74) is 3.78. The minimum Gasteiger partial charge on any atom is -0.489 e. The fourth-order valence-electron chi connectivity index (χ4n) is 3.83. The van der Waals surface area contributed by atoms with E-state index in [-0.39, 0.29) is 18.0 Å². The highest BCUT2D eigenvalue weighted by molar-refractivity contribution is 5.85. The summed E-state index contributed by atoms with van der Waals surface area (Å²) in [7, 11) is 0. The Balaban J connectivity index is 0.00000218. The minimum absolute atomic E-state index is 0. The summed E-state index contributed by atoms with van der Waals surface area (Å²) in [6.45, 7) is 2.27. The standard InChI is InChI=1S/C24H22N2O3.ClH/c27-24-14-19(28-16-17-5-2-1-3-6-17)10-12-26(24)18-8-9-20-21-15-25-11-4-7-22(21)29-23(20)13-18;/h1-3,5-6,8-10,12-14,25H,4,7,11,15-16H2;1H. The molecule has 0 bridgehead atoms. The van der Waals surface area contributed by atoms with Gasteiger partial charge in [0.2, 0.25) is 0 Å². The van der Waals surface area contributed by atoms with E-state index >= 15 is 0 Å². The van der Waals surface area contributed by atoms with Gasteiger partial charge in [-0.05, 0) is 36.7 Å². The number of furan rings is 1. The zero-order valence-corrected chi connectivity index (χ0v) is 17.3. The largest absolute Gasteiger partial charge is 0.489 e. The fourth-order valence-corrected chi connectivity index (χ4v) is 3.83. The van der Waals surface area contributed by atoms with Gasteiger partial charge in [-0.2, -0.15) is 0 Å². The second-order valence-corrected chi connectivity index (χ2v) is 7.31. The molecule has 0 fully saturated rings. The van der Waals surface area contributed by atoms with Gasteiger partial charge in [0.15, 0.2) is 0 Å². The first kappa shape index (κ1) is 20.3. The van der Waals surface area contributed by atoms with Crippen LogP contribution >= 0.6 is 12.4 Å². The monoisotopic (exact) mass is 422 g/mol. The average Bonchev–Trinajstić information content (AvgIpc) is 2.92. The van der Waals surface area contributed by atoms with Crippen molar-refractivity contribution in [1.29, 1.82) is 0 Å². The maximum atomic E-state index is 12.7. The van der Waals surface area contributed by atoms with Crippen molar-refractivity contribution in [3.8, 4) is 11.4 Å². The molecule has 5 rings (SSSR count). The number of halogens is 1. The van der Waals surface area contributed by atoms with Crippen LogP contribution in [0.25, 0.3) is 16.7 Å². The minimum atomic E-state index is -0.135. The molecule has 4 aromatic rings. The Morgan fingerprint density at radius 3 is 2.77 bits per heavy atom. The Morgan fingerprint density at radius 2 is 1.93 bits per heavy atom. The molecular formula is C24H23ClN2O3. The quantitative estimate of drug-likeness (QED) is 0.521. The summed E-state index contributed by atoms with van der Waals surface area (Å²) >= 11 is 0. The van der Waals surface area contributed by atoms with Gasteiger partial charge < -0.3 is 14.5 Å². The van der Waals surface area contributed by atoms with Gasteiger partial charge in [0.05, 0.1) is 5.69 Å². The number of aryl methyl sites for hydroxylation is 1. The molecule has 2 aromatic carbocycles. The Labute approximate surface area is 180 Å². The van der Waals surface area contributed by atoms with Crippen molar-refractivity contribution in [2.75, 3.05) is 6.54 Å². The van der Waals surface area contributed by atoms with Crippen LogP contribution in [0, 0.1) is 0 Å². The van der Waals surface area contributed by atoms with Crippen molar-refractivity contribution < 1.29 is 9.15 Å². The molecule has 30 heavy (non-hydrogen) atoms. The first-order chi connectivity index (χ1) is 14.3. The van der Waals surface area contributed by atoms with E-state index in [0.29, 0.717) is 12.4 Å². The van der Waals surface area contributed by atoms with Crippen LogP contribution in [0.15, 0.2) is 76.1 Å². The molecule has 0 amide bonds. The third kappa shape index (κ3) is 3.99. The fraction of sp³-hybridized carbons (Fsp3) is 0.208. The maximum absolute atomic E-state index is 12.7. The Morgan fingerprint density at radius 1 is 1.07 bits per heavy atom. The lowest BCUT2D eigenvalue weighted by atomic mass is 10.1. The molecule has 0 saturated carbocycles. The molecule has 0 atom stereocenters. The van der Waals surface area contributed by atoms with Crippen LogP contribution in [0.4, 0.5) is 0 Å². The molecule has 0 saturated heterocycles. The van der Waals surface area contributed by atoms with Crippen molar-refractivity contribution in [3.63, 3.8) is 0 Å². The first-order valence-corrected chi connectivity index (χ1v) is 9.93. The number of hydrogen-bond acceptors (Lipinski definition) is 4. The van der Waals surface area contributed by atoms with Gasteiger partial charge in [-0.1, -0.05) is 30.3 Å². The molecule has 5 nitrogen and oxygen atoms in total. The highest BCUT2D eigenvalue weighted by atomic mass is 35.5. The van der Waals surface area contributed by atoms with E-state index in [0.717, 1.165) is 53.9 Å². The first-order valence-electron chi connectivity index (χ1n) is 9.93. The topological polar surface area (TPSA) is 56.4 Å². The van der Waals surface area contributed by atoms with E-state index in [9.17, 15) is 4.79 Å². The second-order valence-electron chi connectivity index (χ2n) is 7.31. The zero-order chi connectivity index (χ0) is 19.6. The summed E-state index contributed by atoms with van der Waals surface area (Å²) in [4.78, 5) is 12.7. The lowest BCUT2D eigenvalue weighted by molar-refractivity contribution is 0.305. The Kier molecular flexibility index (Phi) is 5.93. The number of fused-ring (bicyclic) bond motifs is 3. The molecule has 2 aromatic heterocycles. The van der Waals surface area contributed by atoms with E-state index in [4.69, 9.17) is 9.15 Å². The summed E-state index contributed by atoms with van der Waals surface area (Å²) in [6, 6.07) is 19.2. The van der Waals surface area contributed by atoms with Crippen LogP contribution in [-0.2, 0) is 19.6 Å². The molecule has 0 aliphatic carbocycles. The van der Waals surface area contributed by atoms with E-state index in [1.807, 2.05) is 54.6 Å². The molecule has 3 heterocycles. The van der Waals surface area contributed by atoms with Gasteiger partial charge >= 0.3 is 0 Å². The molecule has 1 aliphatic heterocycles. The van der Waals surface area contributed by atoms with Crippen molar-refractivity contribution in [3.05, 3.63) is 94.1 Å². The Bertz CT molecular complexity index is 1210. The maximum Gasteiger partial charge on any atom is 0.258 e. The van der Waals surface area contributed by atoms with E-state index in [1.165, 1.54) is 11.6 Å². The molecule has 0 radical (unpaired) electrons. The molecule has 0 spiro atoms. The highest BCUT2D eigenvalue weighted by Gasteiger charge is 2.17. The average molecular weight is 423 g/mol. The second kappa shape index (κ2) is 8.78. The van der Waals surface area contributed by atoms with Crippen LogP contribution in [-0.4, -0.2) is 11.1 Å². The molecule has 154 valence electrons. The summed E-state index contributed by atoms with van der Waals surface area (Å²) in [5.74, 6) is 1.62. The summed E-state index contributed by atoms with van der Waals surface area (Å²) in [6.07, 6.45) is 3.77. The number of benzene rings is 2. The van der Waals surface area contributed by atoms with Crippen LogP contribution < -0.4 is 15.6 Å². The van der Waals surface area contributed by atoms with Gasteiger partial charge in [0, 0.05) is 42.2 Å². The lowest BCUT2D eigenvalue weighted by Gasteiger charge is -2.09. The van der Waals surface area contributed by atoms with Gasteiger partial charge in [-0.3, -0.25) is 9.36 Å². The third-order valence-electron chi connectivity index (χ3n) is 5.34. The molecule has 6 heteroatoms. The predicted molar refractivity (Wildman–Crippen MR) is 120 cm³/mol. The van der Waals surface area contributed by atoms with Crippen LogP contribution in [0.1, 0.15) is 23.3 Å². The molecule has 0 unspecified atom stereocenters. The van der Waals surface area contributed by atoms with Crippen molar-refractivity contribution in [1.82, 2.24) is 9.88 Å².